The molecule has 0 radical (unpaired) electrons. The summed E-state index contributed by atoms with van der Waals surface area (Å²) in [5.41, 5.74) is 1.01. The maximum Gasteiger partial charge on any atom is 0.301 e. The van der Waals surface area contributed by atoms with Gasteiger partial charge in [-0.1, -0.05) is 23.7 Å². The van der Waals surface area contributed by atoms with Crippen molar-refractivity contribution < 1.29 is 9.66 Å². The average molecular weight is 311 g/mol. The minimum Gasteiger partial charge on any atom is -0.497 e. The molecule has 7 heteroatoms. The van der Waals surface area contributed by atoms with Gasteiger partial charge in [0.25, 0.3) is 0 Å². The Bertz CT molecular complexity index is 620. The molecule has 0 aliphatic heterocycles. The Kier molecular flexibility index (Phi) is 4.81. The molecule has 1 aromatic heterocycles. The summed E-state index contributed by atoms with van der Waals surface area (Å²) in [5.74, 6) is 1.38. The van der Waals surface area contributed by atoms with Crippen molar-refractivity contribution >= 4 is 29.1 Å². The van der Waals surface area contributed by atoms with Gasteiger partial charge in [0.15, 0.2) is 0 Å². The molecule has 20 heavy (non-hydrogen) atoms. The van der Waals surface area contributed by atoms with Crippen molar-refractivity contribution in [3.05, 3.63) is 57.4 Å². The van der Waals surface area contributed by atoms with Crippen LogP contribution in [-0.2, 0) is 5.75 Å². The Labute approximate surface area is 125 Å². The van der Waals surface area contributed by atoms with Crippen molar-refractivity contribution in [1.29, 1.82) is 0 Å². The average Bonchev–Trinajstić information content (AvgIpc) is 2.45. The zero-order valence-electron chi connectivity index (χ0n) is 10.6. The van der Waals surface area contributed by atoms with Crippen LogP contribution in [0.4, 0.5) is 5.69 Å². The lowest BCUT2D eigenvalue weighted by molar-refractivity contribution is -0.388. The van der Waals surface area contributed by atoms with Gasteiger partial charge in [-0.25, -0.2) is 4.98 Å². The van der Waals surface area contributed by atoms with Crippen molar-refractivity contribution in [1.82, 2.24) is 4.98 Å². The maximum absolute atomic E-state index is 10.9. The second-order valence-corrected chi connectivity index (χ2v) is 5.27. The van der Waals surface area contributed by atoms with Gasteiger partial charge in [-0.2, -0.15) is 0 Å². The summed E-state index contributed by atoms with van der Waals surface area (Å²) in [6, 6.07) is 9.04. The first-order chi connectivity index (χ1) is 9.60. The third kappa shape index (κ3) is 3.61. The molecule has 0 saturated carbocycles. The molecular weight excluding hydrogens is 300 g/mol. The Morgan fingerprint density at radius 2 is 2.10 bits per heavy atom. The van der Waals surface area contributed by atoms with E-state index >= 15 is 0 Å². The molecule has 0 aliphatic rings. The zero-order chi connectivity index (χ0) is 14.5. The smallest absolute Gasteiger partial charge is 0.301 e. The summed E-state index contributed by atoms with van der Waals surface area (Å²) < 4.78 is 5.08. The van der Waals surface area contributed by atoms with Gasteiger partial charge in [0.2, 0.25) is 0 Å². The Morgan fingerprint density at radius 1 is 1.40 bits per heavy atom. The van der Waals surface area contributed by atoms with Crippen molar-refractivity contribution in [2.24, 2.45) is 0 Å². The molecule has 0 saturated heterocycles. The fraction of sp³-hybridized carbons (Fsp3) is 0.154. The van der Waals surface area contributed by atoms with Crippen LogP contribution in [0.3, 0.4) is 0 Å². The van der Waals surface area contributed by atoms with E-state index in [1.807, 2.05) is 24.3 Å². The minimum atomic E-state index is -0.459. The summed E-state index contributed by atoms with van der Waals surface area (Å²) in [6.45, 7) is 0. The van der Waals surface area contributed by atoms with Crippen LogP contribution in [0.25, 0.3) is 0 Å². The van der Waals surface area contributed by atoms with E-state index in [-0.39, 0.29) is 10.8 Å². The van der Waals surface area contributed by atoms with Crippen LogP contribution in [-0.4, -0.2) is 17.0 Å². The van der Waals surface area contributed by atoms with Crippen LogP contribution in [0.5, 0.6) is 5.75 Å². The fourth-order valence-corrected chi connectivity index (χ4v) is 2.75. The predicted molar refractivity (Wildman–Crippen MR) is 78.5 cm³/mol. The lowest BCUT2D eigenvalue weighted by Crippen LogP contribution is -1.93. The third-order valence-electron chi connectivity index (χ3n) is 2.56. The molecule has 0 fully saturated rings. The minimum absolute atomic E-state index is 0.0343. The highest BCUT2D eigenvalue weighted by Gasteiger charge is 2.15. The number of benzene rings is 1. The number of aromatic nitrogens is 1. The van der Waals surface area contributed by atoms with E-state index in [4.69, 9.17) is 16.3 Å². The van der Waals surface area contributed by atoms with E-state index in [1.165, 1.54) is 24.0 Å². The normalized spacial score (nSPS) is 10.3. The van der Waals surface area contributed by atoms with E-state index in [1.54, 1.807) is 7.11 Å². The van der Waals surface area contributed by atoms with Gasteiger partial charge >= 0.3 is 5.69 Å². The summed E-state index contributed by atoms with van der Waals surface area (Å²) in [5, 5.41) is 11.2. The lowest BCUT2D eigenvalue weighted by Gasteiger charge is -2.05. The summed E-state index contributed by atoms with van der Waals surface area (Å²) in [4.78, 5) is 14.7. The standard InChI is InChI=1S/C13H11ClN2O3S/c1-19-10-4-2-9(3-5-10)8-20-12-6-13(14)15-7-11(12)16(17)18/h2-7H,8H2,1H3. The molecule has 1 heterocycles. The van der Waals surface area contributed by atoms with Crippen LogP contribution >= 0.6 is 23.4 Å². The quantitative estimate of drug-likeness (QED) is 0.362. The Morgan fingerprint density at radius 3 is 2.70 bits per heavy atom. The number of thioether (sulfide) groups is 1. The van der Waals surface area contributed by atoms with Crippen molar-refractivity contribution in [2.75, 3.05) is 7.11 Å². The molecule has 0 unspecified atom stereocenters. The number of pyridine rings is 1. The number of hydrogen-bond donors (Lipinski definition) is 0. The SMILES string of the molecule is COc1ccc(CSc2cc(Cl)ncc2[N+](=O)[O-])cc1. The number of methoxy groups -OCH3 is 1. The number of hydrogen-bond acceptors (Lipinski definition) is 5. The third-order valence-corrected chi connectivity index (χ3v) is 3.89. The van der Waals surface area contributed by atoms with Crippen molar-refractivity contribution in [3.63, 3.8) is 0 Å². The zero-order valence-corrected chi connectivity index (χ0v) is 12.1. The summed E-state index contributed by atoms with van der Waals surface area (Å²) in [6.07, 6.45) is 1.18. The van der Waals surface area contributed by atoms with E-state index in [0.717, 1.165) is 11.3 Å². The van der Waals surface area contributed by atoms with Crippen LogP contribution in [0.1, 0.15) is 5.56 Å². The van der Waals surface area contributed by atoms with Gasteiger partial charge in [-0.3, -0.25) is 10.1 Å². The molecule has 0 bridgehead atoms. The number of halogens is 1. The summed E-state index contributed by atoms with van der Waals surface area (Å²) >= 11 is 7.13. The first-order valence-electron chi connectivity index (χ1n) is 5.66. The van der Waals surface area contributed by atoms with E-state index in [9.17, 15) is 10.1 Å². The first-order valence-corrected chi connectivity index (χ1v) is 7.02. The molecule has 2 rings (SSSR count). The van der Waals surface area contributed by atoms with Gasteiger partial charge in [0.1, 0.15) is 17.1 Å². The molecule has 5 nitrogen and oxygen atoms in total. The number of nitro groups is 1. The van der Waals surface area contributed by atoms with Gasteiger partial charge < -0.3 is 4.74 Å². The summed E-state index contributed by atoms with van der Waals surface area (Å²) in [7, 11) is 1.60. The van der Waals surface area contributed by atoms with Gasteiger partial charge in [-0.05, 0) is 23.8 Å². The van der Waals surface area contributed by atoms with Gasteiger partial charge in [-0.15, -0.1) is 11.8 Å². The van der Waals surface area contributed by atoms with Gasteiger partial charge in [0, 0.05) is 5.75 Å². The lowest BCUT2D eigenvalue weighted by atomic mass is 10.2. The maximum atomic E-state index is 10.9. The molecule has 0 amide bonds. The first kappa shape index (κ1) is 14.6. The van der Waals surface area contributed by atoms with Gasteiger partial charge in [0.05, 0.1) is 16.9 Å². The highest BCUT2D eigenvalue weighted by Crippen LogP contribution is 2.32. The molecule has 0 aliphatic carbocycles. The molecular formula is C13H11ClN2O3S. The molecule has 1 aromatic carbocycles. The highest BCUT2D eigenvalue weighted by atomic mass is 35.5. The van der Waals surface area contributed by atoms with Crippen molar-refractivity contribution in [2.45, 2.75) is 10.6 Å². The molecule has 0 N–H and O–H groups in total. The van der Waals surface area contributed by atoms with E-state index in [2.05, 4.69) is 4.98 Å². The fourth-order valence-electron chi connectivity index (χ4n) is 1.54. The molecule has 2 aromatic rings. The largest absolute Gasteiger partial charge is 0.497 e. The van der Waals surface area contributed by atoms with Crippen LogP contribution < -0.4 is 4.74 Å². The van der Waals surface area contributed by atoms with Crippen LogP contribution in [0.15, 0.2) is 41.4 Å². The topological polar surface area (TPSA) is 65.3 Å². The highest BCUT2D eigenvalue weighted by molar-refractivity contribution is 7.98. The van der Waals surface area contributed by atoms with E-state index < -0.39 is 4.92 Å². The van der Waals surface area contributed by atoms with Crippen LogP contribution in [0, 0.1) is 10.1 Å². The molecule has 0 atom stereocenters. The monoisotopic (exact) mass is 310 g/mol. The second kappa shape index (κ2) is 6.58. The number of nitrogens with zero attached hydrogens (tertiary/aromatic N) is 2. The Hall–Kier alpha value is -1.79. The van der Waals surface area contributed by atoms with E-state index in [0.29, 0.717) is 10.6 Å². The Balaban J connectivity index is 2.13. The van der Waals surface area contributed by atoms with Crippen LogP contribution in [0.2, 0.25) is 5.15 Å². The second-order valence-electron chi connectivity index (χ2n) is 3.87. The number of ether oxygens (including phenoxy) is 1. The molecule has 0 spiro atoms. The van der Waals surface area contributed by atoms with Crippen molar-refractivity contribution in [3.8, 4) is 5.75 Å². The number of rotatable bonds is 5. The molecule has 104 valence electrons. The predicted octanol–water partition coefficient (Wildman–Crippen LogP) is 3.94.